The summed E-state index contributed by atoms with van der Waals surface area (Å²) in [6.45, 7) is 2.31. The van der Waals surface area contributed by atoms with E-state index >= 15 is 0 Å². The third-order valence-corrected chi connectivity index (χ3v) is 7.95. The minimum atomic E-state index is -3.43. The first-order valence-electron chi connectivity index (χ1n) is 10.8. The monoisotopic (exact) mass is 479 g/mol. The number of amides is 1. The summed E-state index contributed by atoms with van der Waals surface area (Å²) in [4.78, 5) is 23.9. The van der Waals surface area contributed by atoms with Crippen LogP contribution in [0.15, 0.2) is 72.9 Å². The molecule has 0 aliphatic rings. The number of para-hydroxylation sites is 1. The number of aromatic nitrogens is 2. The van der Waals surface area contributed by atoms with Crippen molar-refractivity contribution in [2.24, 2.45) is 0 Å². The highest BCUT2D eigenvalue weighted by Crippen LogP contribution is 2.32. The van der Waals surface area contributed by atoms with E-state index < -0.39 is 9.84 Å². The number of rotatable bonds is 9. The smallest absolute Gasteiger partial charge is 0.230 e. The molecule has 0 N–H and O–H groups in total. The van der Waals surface area contributed by atoms with Gasteiger partial charge in [0.25, 0.3) is 0 Å². The molecule has 4 rings (SSSR count). The first kappa shape index (κ1) is 23.1. The standard InChI is InChI=1S/C25H25N3O3S2/c1-2-20-11-8-13-22-24(20)27-25(32-22)28(17-21-12-6-7-15-26-21)23(29)14-16-33(30,31)18-19-9-4-3-5-10-19/h3-13,15H,2,14,16-18H2,1H3. The average molecular weight is 480 g/mol. The Hall–Kier alpha value is -3.10. The van der Waals surface area contributed by atoms with E-state index in [1.807, 2.05) is 54.6 Å². The molecule has 0 saturated heterocycles. The lowest BCUT2D eigenvalue weighted by molar-refractivity contribution is -0.118. The molecule has 0 unspecified atom stereocenters. The highest BCUT2D eigenvalue weighted by molar-refractivity contribution is 7.90. The topological polar surface area (TPSA) is 80.2 Å². The maximum absolute atomic E-state index is 13.3. The van der Waals surface area contributed by atoms with Crippen molar-refractivity contribution < 1.29 is 13.2 Å². The van der Waals surface area contributed by atoms with Crippen LogP contribution in [0.2, 0.25) is 0 Å². The molecular formula is C25H25N3O3S2. The number of carbonyl (C=O) groups is 1. The molecule has 0 bridgehead atoms. The van der Waals surface area contributed by atoms with Gasteiger partial charge in [0.1, 0.15) is 0 Å². The molecule has 0 spiro atoms. The van der Waals surface area contributed by atoms with Crippen molar-refractivity contribution in [3.8, 4) is 0 Å². The van der Waals surface area contributed by atoms with Gasteiger partial charge in [-0.1, -0.05) is 66.8 Å². The second kappa shape index (κ2) is 10.2. The summed E-state index contributed by atoms with van der Waals surface area (Å²) < 4.78 is 26.3. The molecule has 33 heavy (non-hydrogen) atoms. The minimum absolute atomic E-state index is 0.0810. The number of benzene rings is 2. The van der Waals surface area contributed by atoms with Crippen molar-refractivity contribution in [3.05, 3.63) is 89.7 Å². The van der Waals surface area contributed by atoms with E-state index in [2.05, 4.69) is 11.9 Å². The zero-order chi connectivity index (χ0) is 23.3. The number of aryl methyl sites for hydroxylation is 1. The van der Waals surface area contributed by atoms with Crippen LogP contribution >= 0.6 is 11.3 Å². The Labute approximate surface area is 197 Å². The van der Waals surface area contributed by atoms with E-state index in [-0.39, 0.29) is 30.4 Å². The molecule has 2 heterocycles. The highest BCUT2D eigenvalue weighted by atomic mass is 32.2. The van der Waals surface area contributed by atoms with Gasteiger partial charge in [0.2, 0.25) is 5.91 Å². The zero-order valence-electron chi connectivity index (χ0n) is 18.3. The fourth-order valence-corrected chi connectivity index (χ4v) is 5.95. The SMILES string of the molecule is CCc1cccc2sc(N(Cc3ccccn3)C(=O)CCS(=O)(=O)Cc3ccccc3)nc12. The van der Waals surface area contributed by atoms with E-state index in [4.69, 9.17) is 4.98 Å². The summed E-state index contributed by atoms with van der Waals surface area (Å²) in [6.07, 6.45) is 2.40. The van der Waals surface area contributed by atoms with Crippen molar-refractivity contribution in [1.29, 1.82) is 0 Å². The summed E-state index contributed by atoms with van der Waals surface area (Å²) in [5.74, 6) is -0.582. The molecular weight excluding hydrogens is 454 g/mol. The van der Waals surface area contributed by atoms with Gasteiger partial charge in [-0.25, -0.2) is 13.4 Å². The Balaban J connectivity index is 1.57. The fraction of sp³-hybridized carbons (Fsp3) is 0.240. The first-order chi connectivity index (χ1) is 15.9. The van der Waals surface area contributed by atoms with Gasteiger partial charge >= 0.3 is 0 Å². The zero-order valence-corrected chi connectivity index (χ0v) is 20.0. The largest absolute Gasteiger partial charge is 0.282 e. The molecule has 2 aromatic heterocycles. The summed E-state index contributed by atoms with van der Waals surface area (Å²) in [6, 6.07) is 20.6. The number of carbonyl (C=O) groups excluding carboxylic acids is 1. The molecule has 1 amide bonds. The van der Waals surface area contributed by atoms with E-state index in [1.165, 1.54) is 11.3 Å². The predicted octanol–water partition coefficient (Wildman–Crippen LogP) is 4.79. The van der Waals surface area contributed by atoms with Crippen LogP contribution < -0.4 is 4.90 Å². The number of thiazole rings is 1. The van der Waals surface area contributed by atoms with E-state index in [1.54, 1.807) is 23.2 Å². The number of nitrogens with zero attached hydrogens (tertiary/aromatic N) is 3. The van der Waals surface area contributed by atoms with Gasteiger partial charge in [-0.05, 0) is 35.7 Å². The van der Waals surface area contributed by atoms with Crippen molar-refractivity contribution in [2.75, 3.05) is 10.7 Å². The van der Waals surface area contributed by atoms with Crippen molar-refractivity contribution in [1.82, 2.24) is 9.97 Å². The molecule has 8 heteroatoms. The van der Waals surface area contributed by atoms with Crippen LogP contribution in [0.4, 0.5) is 5.13 Å². The third kappa shape index (κ3) is 5.83. The van der Waals surface area contributed by atoms with Crippen LogP contribution in [0.1, 0.15) is 30.2 Å². The maximum Gasteiger partial charge on any atom is 0.230 e. The molecule has 6 nitrogen and oxygen atoms in total. The van der Waals surface area contributed by atoms with Crippen molar-refractivity contribution in [3.63, 3.8) is 0 Å². The van der Waals surface area contributed by atoms with E-state index in [0.29, 0.717) is 16.4 Å². The average Bonchev–Trinajstić information content (AvgIpc) is 3.26. The summed E-state index contributed by atoms with van der Waals surface area (Å²) in [5.41, 5.74) is 3.43. The highest BCUT2D eigenvalue weighted by Gasteiger charge is 2.23. The Morgan fingerprint density at radius 1 is 1.00 bits per heavy atom. The number of anilines is 1. The van der Waals surface area contributed by atoms with Crippen LogP contribution in [-0.4, -0.2) is 30.0 Å². The Morgan fingerprint density at radius 3 is 2.52 bits per heavy atom. The van der Waals surface area contributed by atoms with Gasteiger partial charge < -0.3 is 0 Å². The molecule has 0 radical (unpaired) electrons. The van der Waals surface area contributed by atoms with Gasteiger partial charge in [-0.3, -0.25) is 14.7 Å². The third-order valence-electron chi connectivity index (χ3n) is 5.31. The second-order valence-electron chi connectivity index (χ2n) is 7.74. The second-order valence-corrected chi connectivity index (χ2v) is 10.9. The van der Waals surface area contributed by atoms with E-state index in [0.717, 1.165) is 22.2 Å². The fourth-order valence-electron chi connectivity index (χ4n) is 3.59. The number of pyridine rings is 1. The normalized spacial score (nSPS) is 11.5. The molecule has 0 fully saturated rings. The van der Waals surface area contributed by atoms with Gasteiger partial charge in [-0.2, -0.15) is 0 Å². The molecule has 0 aliphatic carbocycles. The number of hydrogen-bond donors (Lipinski definition) is 0. The van der Waals surface area contributed by atoms with Crippen molar-refractivity contribution in [2.45, 2.75) is 32.1 Å². The predicted molar refractivity (Wildman–Crippen MR) is 133 cm³/mol. The minimum Gasteiger partial charge on any atom is -0.282 e. The van der Waals surface area contributed by atoms with Crippen LogP contribution in [0.5, 0.6) is 0 Å². The van der Waals surface area contributed by atoms with Crippen LogP contribution in [0, 0.1) is 0 Å². The van der Waals surface area contributed by atoms with Gasteiger partial charge in [0.15, 0.2) is 15.0 Å². The number of sulfone groups is 1. The van der Waals surface area contributed by atoms with Gasteiger partial charge in [0.05, 0.1) is 34.0 Å². The number of fused-ring (bicyclic) bond motifs is 1. The van der Waals surface area contributed by atoms with Gasteiger partial charge in [-0.15, -0.1) is 0 Å². The summed E-state index contributed by atoms with van der Waals surface area (Å²) in [5, 5.41) is 0.557. The van der Waals surface area contributed by atoms with E-state index in [9.17, 15) is 13.2 Å². The van der Waals surface area contributed by atoms with Crippen LogP contribution in [0.25, 0.3) is 10.2 Å². The number of hydrogen-bond acceptors (Lipinski definition) is 6. The first-order valence-corrected chi connectivity index (χ1v) is 13.4. The molecule has 4 aromatic rings. The van der Waals surface area contributed by atoms with Crippen molar-refractivity contribution >= 4 is 42.4 Å². The lowest BCUT2D eigenvalue weighted by Gasteiger charge is -2.19. The lowest BCUT2D eigenvalue weighted by Crippen LogP contribution is -2.32. The Kier molecular flexibility index (Phi) is 7.15. The lowest BCUT2D eigenvalue weighted by atomic mass is 10.1. The molecule has 2 aromatic carbocycles. The molecule has 0 atom stereocenters. The Morgan fingerprint density at radius 2 is 1.79 bits per heavy atom. The summed E-state index contributed by atoms with van der Waals surface area (Å²) in [7, 11) is -3.43. The van der Waals surface area contributed by atoms with Crippen LogP contribution in [0.3, 0.4) is 0 Å². The Bertz CT molecular complexity index is 1340. The molecule has 0 saturated carbocycles. The summed E-state index contributed by atoms with van der Waals surface area (Å²) >= 11 is 1.44. The quantitative estimate of drug-likeness (QED) is 0.345. The van der Waals surface area contributed by atoms with Crippen LogP contribution in [-0.2, 0) is 33.4 Å². The molecule has 0 aliphatic heterocycles. The maximum atomic E-state index is 13.3. The molecule has 170 valence electrons. The van der Waals surface area contributed by atoms with Gasteiger partial charge in [0, 0.05) is 12.6 Å².